The van der Waals surface area contributed by atoms with Gasteiger partial charge in [0.05, 0.1) is 22.8 Å². The first-order chi connectivity index (χ1) is 13.1. The zero-order valence-electron chi connectivity index (χ0n) is 15.2. The molecule has 0 aliphatic carbocycles. The molecule has 0 bridgehead atoms. The largest absolute Gasteiger partial charge is 0.365 e. The van der Waals surface area contributed by atoms with Gasteiger partial charge < -0.3 is 4.90 Å². The predicted octanol–water partition coefficient (Wildman–Crippen LogP) is 2.73. The summed E-state index contributed by atoms with van der Waals surface area (Å²) in [6.07, 6.45) is 2.87. The minimum Gasteiger partial charge on any atom is -0.365 e. The number of hydrogen-bond acceptors (Lipinski definition) is 4. The summed E-state index contributed by atoms with van der Waals surface area (Å²) in [7, 11) is -3.46. The number of aromatic nitrogens is 2. The van der Waals surface area contributed by atoms with E-state index in [-0.39, 0.29) is 0 Å². The van der Waals surface area contributed by atoms with Crippen molar-refractivity contribution in [3.05, 3.63) is 72.1 Å². The van der Waals surface area contributed by atoms with Gasteiger partial charge in [-0.25, -0.2) is 17.8 Å². The van der Waals surface area contributed by atoms with Crippen molar-refractivity contribution in [1.29, 1.82) is 0 Å². The molecule has 3 aromatic rings. The van der Waals surface area contributed by atoms with Crippen LogP contribution in [-0.2, 0) is 23.0 Å². The number of hydrogen-bond donors (Lipinski definition) is 1. The van der Waals surface area contributed by atoms with Crippen LogP contribution in [-0.4, -0.2) is 31.3 Å². The maximum atomic E-state index is 12.3. The van der Waals surface area contributed by atoms with Gasteiger partial charge in [-0.3, -0.25) is 0 Å². The van der Waals surface area contributed by atoms with Gasteiger partial charge in [0, 0.05) is 25.0 Å². The van der Waals surface area contributed by atoms with Gasteiger partial charge in [-0.15, -0.1) is 0 Å². The van der Waals surface area contributed by atoms with E-state index < -0.39 is 10.0 Å². The Kier molecular flexibility index (Phi) is 4.72. The third-order valence-corrected chi connectivity index (χ3v) is 6.25. The number of para-hydroxylation sites is 1. The maximum absolute atomic E-state index is 12.3. The lowest BCUT2D eigenvalue weighted by Crippen LogP contribution is -2.24. The van der Waals surface area contributed by atoms with Crippen LogP contribution in [0.3, 0.4) is 0 Å². The molecule has 0 amide bonds. The molecule has 0 saturated heterocycles. The van der Waals surface area contributed by atoms with Gasteiger partial charge in [-0.05, 0) is 42.3 Å². The topological polar surface area (TPSA) is 67.2 Å². The Balaban J connectivity index is 1.57. The highest BCUT2D eigenvalue weighted by atomic mass is 32.2. The number of rotatable bonds is 6. The molecule has 1 aromatic heterocycles. The van der Waals surface area contributed by atoms with Crippen LogP contribution in [0.5, 0.6) is 0 Å². The summed E-state index contributed by atoms with van der Waals surface area (Å²) < 4.78 is 29.0. The van der Waals surface area contributed by atoms with E-state index in [4.69, 9.17) is 0 Å². The monoisotopic (exact) mass is 382 g/mol. The zero-order valence-corrected chi connectivity index (χ0v) is 16.0. The Labute approximate surface area is 159 Å². The quantitative estimate of drug-likeness (QED) is 0.712. The van der Waals surface area contributed by atoms with E-state index in [0.717, 1.165) is 30.0 Å². The standard InChI is InChI=1S/C20H22N4O2S/c1-2-21-27(25,26)19-9-8-16-10-12-23(20(16)14-19)15-17-11-13-24(22-17)18-6-4-3-5-7-18/h3-9,11,13-14,21H,2,10,12,15H2,1H3. The van der Waals surface area contributed by atoms with Crippen molar-refractivity contribution in [2.45, 2.75) is 24.8 Å². The van der Waals surface area contributed by atoms with Crippen LogP contribution in [0.25, 0.3) is 5.69 Å². The second kappa shape index (κ2) is 7.17. The molecule has 0 fully saturated rings. The lowest BCUT2D eigenvalue weighted by molar-refractivity contribution is 0.584. The van der Waals surface area contributed by atoms with Crippen LogP contribution in [0.15, 0.2) is 65.7 Å². The molecule has 0 atom stereocenters. The first-order valence-corrected chi connectivity index (χ1v) is 10.5. The average Bonchev–Trinajstić information content (AvgIpc) is 3.30. The average molecular weight is 382 g/mol. The molecule has 1 aliphatic rings. The molecular formula is C20H22N4O2S. The van der Waals surface area contributed by atoms with Crippen LogP contribution in [0.4, 0.5) is 5.69 Å². The summed E-state index contributed by atoms with van der Waals surface area (Å²) >= 11 is 0. The third-order valence-electron chi connectivity index (χ3n) is 4.71. The highest BCUT2D eigenvalue weighted by Gasteiger charge is 2.23. The molecule has 0 radical (unpaired) electrons. The van der Waals surface area contributed by atoms with Crippen molar-refractivity contribution in [3.63, 3.8) is 0 Å². The minimum atomic E-state index is -3.46. The molecule has 0 saturated carbocycles. The summed E-state index contributed by atoms with van der Waals surface area (Å²) in [5.41, 5.74) is 4.12. The van der Waals surface area contributed by atoms with E-state index in [1.165, 1.54) is 5.56 Å². The molecule has 4 rings (SSSR count). The van der Waals surface area contributed by atoms with Crippen LogP contribution in [0, 0.1) is 0 Å². The number of nitrogens with one attached hydrogen (secondary N) is 1. The number of nitrogens with zero attached hydrogens (tertiary/aromatic N) is 3. The first kappa shape index (κ1) is 17.8. The van der Waals surface area contributed by atoms with E-state index in [9.17, 15) is 8.42 Å². The molecular weight excluding hydrogens is 360 g/mol. The maximum Gasteiger partial charge on any atom is 0.240 e. The lowest BCUT2D eigenvalue weighted by atomic mass is 10.2. The van der Waals surface area contributed by atoms with Gasteiger partial charge in [0.2, 0.25) is 10.0 Å². The van der Waals surface area contributed by atoms with Gasteiger partial charge in [0.15, 0.2) is 0 Å². The van der Waals surface area contributed by atoms with E-state index in [1.807, 2.05) is 53.3 Å². The number of anilines is 1. The Morgan fingerprint density at radius 2 is 1.93 bits per heavy atom. The van der Waals surface area contributed by atoms with Crippen molar-refractivity contribution in [2.24, 2.45) is 0 Å². The van der Waals surface area contributed by atoms with Crippen molar-refractivity contribution in [3.8, 4) is 5.69 Å². The van der Waals surface area contributed by atoms with Crippen molar-refractivity contribution >= 4 is 15.7 Å². The van der Waals surface area contributed by atoms with Crippen molar-refractivity contribution in [1.82, 2.24) is 14.5 Å². The van der Waals surface area contributed by atoms with E-state index in [1.54, 1.807) is 19.1 Å². The minimum absolute atomic E-state index is 0.310. The van der Waals surface area contributed by atoms with Gasteiger partial charge in [0.25, 0.3) is 0 Å². The zero-order chi connectivity index (χ0) is 18.9. The summed E-state index contributed by atoms with van der Waals surface area (Å²) in [4.78, 5) is 2.50. The van der Waals surface area contributed by atoms with E-state index in [0.29, 0.717) is 18.0 Å². The lowest BCUT2D eigenvalue weighted by Gasteiger charge is -2.19. The van der Waals surface area contributed by atoms with Gasteiger partial charge in [-0.2, -0.15) is 5.10 Å². The predicted molar refractivity (Wildman–Crippen MR) is 106 cm³/mol. The Morgan fingerprint density at radius 3 is 2.70 bits per heavy atom. The fraction of sp³-hybridized carbons (Fsp3) is 0.250. The fourth-order valence-electron chi connectivity index (χ4n) is 3.40. The molecule has 2 aromatic carbocycles. The molecule has 140 valence electrons. The SMILES string of the molecule is CCNS(=O)(=O)c1ccc2c(c1)N(Cc1ccn(-c3ccccc3)n1)CC2. The highest BCUT2D eigenvalue weighted by molar-refractivity contribution is 7.89. The summed E-state index contributed by atoms with van der Waals surface area (Å²) in [5.74, 6) is 0. The molecule has 2 heterocycles. The molecule has 0 spiro atoms. The second-order valence-electron chi connectivity index (χ2n) is 6.55. The van der Waals surface area contributed by atoms with Crippen LogP contribution >= 0.6 is 0 Å². The fourth-order valence-corrected chi connectivity index (χ4v) is 4.46. The van der Waals surface area contributed by atoms with Crippen LogP contribution in [0.1, 0.15) is 18.2 Å². The molecule has 7 heteroatoms. The summed E-state index contributed by atoms with van der Waals surface area (Å²) in [5, 5.41) is 4.66. The van der Waals surface area contributed by atoms with Crippen LogP contribution < -0.4 is 9.62 Å². The molecule has 6 nitrogen and oxygen atoms in total. The smallest absolute Gasteiger partial charge is 0.240 e. The molecule has 1 aliphatic heterocycles. The highest BCUT2D eigenvalue weighted by Crippen LogP contribution is 2.31. The second-order valence-corrected chi connectivity index (χ2v) is 8.32. The number of benzene rings is 2. The van der Waals surface area contributed by atoms with Crippen molar-refractivity contribution in [2.75, 3.05) is 18.0 Å². The number of fused-ring (bicyclic) bond motifs is 1. The van der Waals surface area contributed by atoms with Crippen molar-refractivity contribution < 1.29 is 8.42 Å². The van der Waals surface area contributed by atoms with Crippen LogP contribution in [0.2, 0.25) is 0 Å². The van der Waals surface area contributed by atoms with Gasteiger partial charge in [0.1, 0.15) is 0 Å². The number of sulfonamides is 1. The van der Waals surface area contributed by atoms with Gasteiger partial charge in [-0.1, -0.05) is 31.2 Å². The first-order valence-electron chi connectivity index (χ1n) is 9.04. The molecule has 27 heavy (non-hydrogen) atoms. The summed E-state index contributed by atoms with van der Waals surface area (Å²) in [6, 6.07) is 17.4. The Bertz CT molecular complexity index is 1040. The van der Waals surface area contributed by atoms with Gasteiger partial charge >= 0.3 is 0 Å². The summed E-state index contributed by atoms with van der Waals surface area (Å²) in [6.45, 7) is 3.66. The normalized spacial score (nSPS) is 13.7. The molecule has 0 unspecified atom stereocenters. The third kappa shape index (κ3) is 3.61. The van der Waals surface area contributed by atoms with E-state index in [2.05, 4.69) is 14.7 Å². The Hall–Kier alpha value is -2.64. The van der Waals surface area contributed by atoms with E-state index >= 15 is 0 Å². The Morgan fingerprint density at radius 1 is 1.11 bits per heavy atom. The molecule has 1 N–H and O–H groups in total.